The van der Waals surface area contributed by atoms with Crippen LogP contribution in [-0.4, -0.2) is 21.7 Å². The lowest BCUT2D eigenvalue weighted by molar-refractivity contribution is 0.232. The number of aryl methyl sites for hydroxylation is 1. The van der Waals surface area contributed by atoms with Gasteiger partial charge in [0.1, 0.15) is 5.82 Å². The van der Waals surface area contributed by atoms with E-state index < -0.39 is 0 Å². The Labute approximate surface area is 106 Å². The van der Waals surface area contributed by atoms with Crippen LogP contribution in [0.15, 0.2) is 17.6 Å². The normalized spacial score (nSPS) is 13.2. The van der Waals surface area contributed by atoms with Gasteiger partial charge in [-0.3, -0.25) is 0 Å². The van der Waals surface area contributed by atoms with Crippen molar-refractivity contribution in [3.8, 4) is 10.6 Å². The second-order valence-electron chi connectivity index (χ2n) is 4.65. The zero-order chi connectivity index (χ0) is 12.4. The number of thiophene rings is 1. The van der Waals surface area contributed by atoms with Gasteiger partial charge < -0.3 is 10.1 Å². The first-order chi connectivity index (χ1) is 8.13. The number of hydrogen-bond acceptors (Lipinski definition) is 3. The summed E-state index contributed by atoms with van der Waals surface area (Å²) in [4.78, 5) is 8.95. The van der Waals surface area contributed by atoms with Crippen molar-refractivity contribution in [1.29, 1.82) is 0 Å². The van der Waals surface area contributed by atoms with Gasteiger partial charge in [0.15, 0.2) is 0 Å². The fourth-order valence-electron chi connectivity index (χ4n) is 1.90. The minimum atomic E-state index is 0.0871. The molecule has 0 saturated heterocycles. The lowest BCUT2D eigenvalue weighted by atomic mass is 9.96. The third-order valence-electron chi connectivity index (χ3n) is 3.05. The lowest BCUT2D eigenvalue weighted by Gasteiger charge is -2.15. The van der Waals surface area contributed by atoms with E-state index in [0.717, 1.165) is 11.5 Å². The Morgan fingerprint density at radius 3 is 2.76 bits per heavy atom. The van der Waals surface area contributed by atoms with E-state index in [2.05, 4.69) is 42.2 Å². The molecule has 0 radical (unpaired) electrons. The molecule has 2 rings (SSSR count). The number of imidazole rings is 1. The summed E-state index contributed by atoms with van der Waals surface area (Å²) in [5, 5.41) is 11.5. The highest BCUT2D eigenvalue weighted by molar-refractivity contribution is 7.13. The van der Waals surface area contributed by atoms with Gasteiger partial charge in [-0.25, -0.2) is 4.98 Å². The number of hydrogen-bond donors (Lipinski definition) is 2. The van der Waals surface area contributed by atoms with Gasteiger partial charge in [0.25, 0.3) is 0 Å². The number of nitrogens with zero attached hydrogens (tertiary/aromatic N) is 1. The van der Waals surface area contributed by atoms with Crippen molar-refractivity contribution in [3.63, 3.8) is 0 Å². The number of rotatable bonds is 4. The third kappa shape index (κ3) is 2.42. The summed E-state index contributed by atoms with van der Waals surface area (Å²) in [6, 6.07) is 2.10. The molecule has 0 amide bonds. The summed E-state index contributed by atoms with van der Waals surface area (Å²) in [6.07, 6.45) is 1.86. The average molecular weight is 250 g/mol. The number of aliphatic hydroxyl groups is 1. The van der Waals surface area contributed by atoms with Gasteiger partial charge in [0.2, 0.25) is 0 Å². The van der Waals surface area contributed by atoms with Crippen LogP contribution in [0.5, 0.6) is 0 Å². The summed E-state index contributed by atoms with van der Waals surface area (Å²) in [5.41, 5.74) is 2.31. The fraction of sp³-hybridized carbons (Fsp3) is 0.462. The predicted octanol–water partition coefficient (Wildman–Crippen LogP) is 3.18. The molecule has 2 N–H and O–H groups in total. The zero-order valence-corrected chi connectivity index (χ0v) is 11.2. The van der Waals surface area contributed by atoms with Gasteiger partial charge >= 0.3 is 0 Å². The van der Waals surface area contributed by atoms with Crippen LogP contribution in [0.25, 0.3) is 10.6 Å². The van der Waals surface area contributed by atoms with E-state index >= 15 is 0 Å². The summed E-state index contributed by atoms with van der Waals surface area (Å²) < 4.78 is 0. The molecule has 1 unspecified atom stereocenters. The Kier molecular flexibility index (Phi) is 3.64. The summed E-state index contributed by atoms with van der Waals surface area (Å²) >= 11 is 1.71. The van der Waals surface area contributed by atoms with Crippen LogP contribution < -0.4 is 0 Å². The van der Waals surface area contributed by atoms with Crippen molar-refractivity contribution >= 4 is 11.3 Å². The maximum atomic E-state index is 9.39. The predicted molar refractivity (Wildman–Crippen MR) is 71.3 cm³/mol. The largest absolute Gasteiger partial charge is 0.396 e. The average Bonchev–Trinajstić information content (AvgIpc) is 2.87. The Morgan fingerprint density at radius 2 is 2.24 bits per heavy atom. The Morgan fingerprint density at radius 1 is 1.47 bits per heavy atom. The van der Waals surface area contributed by atoms with Crippen molar-refractivity contribution in [2.45, 2.75) is 26.7 Å². The van der Waals surface area contributed by atoms with E-state index in [4.69, 9.17) is 0 Å². The van der Waals surface area contributed by atoms with E-state index in [-0.39, 0.29) is 12.5 Å². The van der Waals surface area contributed by atoms with Gasteiger partial charge in [-0.15, -0.1) is 11.3 Å². The maximum absolute atomic E-state index is 9.39. The first-order valence-electron chi connectivity index (χ1n) is 5.83. The van der Waals surface area contributed by atoms with Gasteiger partial charge in [0, 0.05) is 5.92 Å². The van der Waals surface area contributed by atoms with Gasteiger partial charge in [-0.2, -0.15) is 0 Å². The van der Waals surface area contributed by atoms with Crippen molar-refractivity contribution in [2.24, 2.45) is 5.92 Å². The molecule has 3 nitrogen and oxygen atoms in total. The van der Waals surface area contributed by atoms with Gasteiger partial charge in [0.05, 0.1) is 23.4 Å². The molecule has 0 bridgehead atoms. The van der Waals surface area contributed by atoms with Crippen molar-refractivity contribution in [2.75, 3.05) is 6.61 Å². The van der Waals surface area contributed by atoms with Crippen LogP contribution in [0.3, 0.4) is 0 Å². The van der Waals surface area contributed by atoms with Crippen LogP contribution in [0, 0.1) is 12.8 Å². The van der Waals surface area contributed by atoms with Gasteiger partial charge in [-0.1, -0.05) is 13.8 Å². The second-order valence-corrected chi connectivity index (χ2v) is 5.56. The van der Waals surface area contributed by atoms with E-state index in [1.54, 1.807) is 11.3 Å². The minimum absolute atomic E-state index is 0.0871. The van der Waals surface area contributed by atoms with E-state index in [1.165, 1.54) is 10.4 Å². The van der Waals surface area contributed by atoms with E-state index in [9.17, 15) is 5.11 Å². The monoisotopic (exact) mass is 250 g/mol. The quantitative estimate of drug-likeness (QED) is 0.875. The molecule has 0 saturated carbocycles. The molecular weight excluding hydrogens is 232 g/mol. The molecule has 1 atom stereocenters. The van der Waals surface area contributed by atoms with Gasteiger partial charge in [-0.05, 0) is 29.9 Å². The molecule has 2 aromatic heterocycles. The molecule has 0 aliphatic carbocycles. The fourth-order valence-corrected chi connectivity index (χ4v) is 2.80. The molecule has 0 aromatic carbocycles. The molecule has 0 aliphatic rings. The number of aromatic amines is 1. The highest BCUT2D eigenvalue weighted by Crippen LogP contribution is 2.29. The highest BCUT2D eigenvalue weighted by Gasteiger charge is 2.18. The number of H-pyrrole nitrogens is 1. The molecule has 2 aromatic rings. The van der Waals surface area contributed by atoms with Crippen LogP contribution in [0.1, 0.15) is 31.2 Å². The molecule has 2 heterocycles. The molecular formula is C13H18N2OS. The number of nitrogens with one attached hydrogen (secondary N) is 1. The molecule has 4 heteroatoms. The van der Waals surface area contributed by atoms with E-state index in [0.29, 0.717) is 5.92 Å². The summed E-state index contributed by atoms with van der Waals surface area (Å²) in [5.74, 6) is 1.35. The van der Waals surface area contributed by atoms with Crippen molar-refractivity contribution < 1.29 is 5.11 Å². The Hall–Kier alpha value is -1.13. The standard InChI is InChI=1S/C13H18N2OS/c1-8(2)10(7-16)13-14-6-11(15-13)12-9(3)4-5-17-12/h4-6,8,10,16H,7H2,1-3H3,(H,14,15). The first kappa shape index (κ1) is 12.3. The highest BCUT2D eigenvalue weighted by atomic mass is 32.1. The van der Waals surface area contributed by atoms with Crippen molar-refractivity contribution in [1.82, 2.24) is 9.97 Å². The maximum Gasteiger partial charge on any atom is 0.112 e. The minimum Gasteiger partial charge on any atom is -0.396 e. The van der Waals surface area contributed by atoms with Crippen LogP contribution in [0.4, 0.5) is 0 Å². The van der Waals surface area contributed by atoms with Crippen molar-refractivity contribution in [3.05, 3.63) is 29.0 Å². The molecule has 0 fully saturated rings. The lowest BCUT2D eigenvalue weighted by Crippen LogP contribution is -2.12. The molecule has 17 heavy (non-hydrogen) atoms. The second kappa shape index (κ2) is 5.02. The summed E-state index contributed by atoms with van der Waals surface area (Å²) in [6.45, 7) is 6.42. The topological polar surface area (TPSA) is 48.9 Å². The Balaban J connectivity index is 2.30. The number of aliphatic hydroxyl groups excluding tert-OH is 1. The summed E-state index contributed by atoms with van der Waals surface area (Å²) in [7, 11) is 0. The van der Waals surface area contributed by atoms with E-state index in [1.807, 2.05) is 6.20 Å². The van der Waals surface area contributed by atoms with Crippen LogP contribution in [-0.2, 0) is 0 Å². The molecule has 0 spiro atoms. The first-order valence-corrected chi connectivity index (χ1v) is 6.71. The zero-order valence-electron chi connectivity index (χ0n) is 10.4. The molecule has 0 aliphatic heterocycles. The van der Waals surface area contributed by atoms with Crippen LogP contribution in [0.2, 0.25) is 0 Å². The number of aromatic nitrogens is 2. The third-order valence-corrected chi connectivity index (χ3v) is 4.10. The SMILES string of the molecule is Cc1ccsc1-c1cnc(C(CO)C(C)C)[nH]1. The smallest absolute Gasteiger partial charge is 0.112 e. The Bertz CT molecular complexity index is 487. The molecule has 92 valence electrons. The van der Waals surface area contributed by atoms with Crippen LogP contribution >= 0.6 is 11.3 Å².